The third-order valence-corrected chi connectivity index (χ3v) is 6.59. The SMILES string of the molecule is O=C(C1CC(=O)N(c2ccccc2F)C1)N1CCN(Cc2nc(-c3ccsc3)no2)CC1. The molecule has 10 heteroatoms. The van der Waals surface area contributed by atoms with Crippen LogP contribution in [0.3, 0.4) is 0 Å². The van der Waals surface area contributed by atoms with Gasteiger partial charge in [0.25, 0.3) is 0 Å². The molecular formula is C22H22FN5O3S. The van der Waals surface area contributed by atoms with E-state index in [4.69, 9.17) is 4.52 Å². The first-order chi connectivity index (χ1) is 15.6. The van der Waals surface area contributed by atoms with E-state index < -0.39 is 11.7 Å². The van der Waals surface area contributed by atoms with Crippen molar-refractivity contribution in [1.82, 2.24) is 19.9 Å². The van der Waals surface area contributed by atoms with Crippen molar-refractivity contribution in [1.29, 1.82) is 0 Å². The molecule has 2 aromatic heterocycles. The van der Waals surface area contributed by atoms with Crippen LogP contribution in [0.4, 0.5) is 10.1 Å². The van der Waals surface area contributed by atoms with E-state index in [0.717, 1.165) is 5.56 Å². The molecule has 2 saturated heterocycles. The van der Waals surface area contributed by atoms with Crippen LogP contribution in [0.1, 0.15) is 12.3 Å². The first kappa shape index (κ1) is 20.8. The van der Waals surface area contributed by atoms with Crippen LogP contribution in [-0.4, -0.2) is 64.5 Å². The van der Waals surface area contributed by atoms with Crippen molar-refractivity contribution in [3.8, 4) is 11.4 Å². The number of rotatable bonds is 5. The number of amides is 2. The summed E-state index contributed by atoms with van der Waals surface area (Å²) in [5.74, 6) is -0.0314. The average molecular weight is 456 g/mol. The zero-order valence-electron chi connectivity index (χ0n) is 17.3. The maximum absolute atomic E-state index is 14.1. The molecule has 8 nitrogen and oxygen atoms in total. The monoisotopic (exact) mass is 455 g/mol. The normalized spacial score (nSPS) is 19.7. The van der Waals surface area contributed by atoms with Gasteiger partial charge >= 0.3 is 0 Å². The number of carbonyl (C=O) groups is 2. The number of benzene rings is 1. The molecule has 2 aliphatic heterocycles. The maximum atomic E-state index is 14.1. The lowest BCUT2D eigenvalue weighted by Crippen LogP contribution is -2.50. The predicted molar refractivity (Wildman–Crippen MR) is 116 cm³/mol. The Morgan fingerprint density at radius 2 is 2.00 bits per heavy atom. The lowest BCUT2D eigenvalue weighted by Gasteiger charge is -2.35. The second-order valence-electron chi connectivity index (χ2n) is 7.98. The Labute approximate surface area is 188 Å². The highest BCUT2D eigenvalue weighted by molar-refractivity contribution is 7.08. The van der Waals surface area contributed by atoms with Gasteiger partial charge in [-0.05, 0) is 23.6 Å². The molecule has 1 aromatic carbocycles. The van der Waals surface area contributed by atoms with Crippen molar-refractivity contribution in [2.45, 2.75) is 13.0 Å². The summed E-state index contributed by atoms with van der Waals surface area (Å²) in [5.41, 5.74) is 1.18. The highest BCUT2D eigenvalue weighted by atomic mass is 32.1. The van der Waals surface area contributed by atoms with Gasteiger partial charge in [0.2, 0.25) is 23.5 Å². The second kappa shape index (κ2) is 8.79. The van der Waals surface area contributed by atoms with Crippen LogP contribution in [0.25, 0.3) is 11.4 Å². The molecule has 0 N–H and O–H groups in total. The summed E-state index contributed by atoms with van der Waals surface area (Å²) < 4.78 is 19.5. The molecule has 2 aliphatic rings. The Bertz CT molecular complexity index is 1110. The van der Waals surface area contributed by atoms with Crippen molar-refractivity contribution in [2.24, 2.45) is 5.92 Å². The summed E-state index contributed by atoms with van der Waals surface area (Å²) in [6.07, 6.45) is 0.112. The Hall–Kier alpha value is -3.11. The topological polar surface area (TPSA) is 82.8 Å². The van der Waals surface area contributed by atoms with E-state index in [-0.39, 0.29) is 30.5 Å². The number of para-hydroxylation sites is 1. The van der Waals surface area contributed by atoms with Gasteiger partial charge in [-0.1, -0.05) is 17.3 Å². The van der Waals surface area contributed by atoms with Gasteiger partial charge in [0.1, 0.15) is 5.82 Å². The number of thiophene rings is 1. The fourth-order valence-corrected chi connectivity index (χ4v) is 4.81. The Kier molecular flexibility index (Phi) is 5.71. The van der Waals surface area contributed by atoms with Gasteiger partial charge in [-0.25, -0.2) is 4.39 Å². The van der Waals surface area contributed by atoms with Crippen LogP contribution in [0.2, 0.25) is 0 Å². The lowest BCUT2D eigenvalue weighted by molar-refractivity contribution is -0.137. The number of hydrogen-bond acceptors (Lipinski definition) is 7. The summed E-state index contributed by atoms with van der Waals surface area (Å²) >= 11 is 1.58. The van der Waals surface area contributed by atoms with Crippen molar-refractivity contribution in [2.75, 3.05) is 37.6 Å². The molecule has 2 fully saturated rings. The van der Waals surface area contributed by atoms with Crippen molar-refractivity contribution in [3.05, 3.63) is 52.8 Å². The molecular weight excluding hydrogens is 433 g/mol. The smallest absolute Gasteiger partial charge is 0.241 e. The number of anilines is 1. The van der Waals surface area contributed by atoms with Crippen molar-refractivity contribution < 1.29 is 18.5 Å². The van der Waals surface area contributed by atoms with Crippen molar-refractivity contribution in [3.63, 3.8) is 0 Å². The fourth-order valence-electron chi connectivity index (χ4n) is 4.18. The van der Waals surface area contributed by atoms with Crippen LogP contribution < -0.4 is 4.90 Å². The third kappa shape index (κ3) is 4.15. The van der Waals surface area contributed by atoms with Gasteiger partial charge in [0, 0.05) is 50.1 Å². The molecule has 0 bridgehead atoms. The van der Waals surface area contributed by atoms with Crippen LogP contribution >= 0.6 is 11.3 Å². The number of halogens is 1. The quantitative estimate of drug-likeness (QED) is 0.588. The van der Waals surface area contributed by atoms with Crippen LogP contribution in [-0.2, 0) is 16.1 Å². The van der Waals surface area contributed by atoms with Crippen LogP contribution in [0, 0.1) is 11.7 Å². The van der Waals surface area contributed by atoms with Crippen LogP contribution in [0.15, 0.2) is 45.6 Å². The van der Waals surface area contributed by atoms with Crippen molar-refractivity contribution >= 4 is 28.8 Å². The van der Waals surface area contributed by atoms with E-state index in [9.17, 15) is 14.0 Å². The second-order valence-corrected chi connectivity index (χ2v) is 8.76. The third-order valence-electron chi connectivity index (χ3n) is 5.91. The van der Waals surface area contributed by atoms with E-state index in [0.29, 0.717) is 44.4 Å². The molecule has 0 spiro atoms. The summed E-state index contributed by atoms with van der Waals surface area (Å²) in [5, 5.41) is 7.97. The summed E-state index contributed by atoms with van der Waals surface area (Å²) in [6.45, 7) is 3.23. The summed E-state index contributed by atoms with van der Waals surface area (Å²) in [4.78, 5) is 35.2. The zero-order valence-corrected chi connectivity index (χ0v) is 18.1. The molecule has 1 unspecified atom stereocenters. The van der Waals surface area contributed by atoms with Gasteiger partial charge in [0.05, 0.1) is 18.2 Å². The fraction of sp³-hybridized carbons (Fsp3) is 0.364. The number of piperazine rings is 1. The molecule has 32 heavy (non-hydrogen) atoms. The first-order valence-electron chi connectivity index (χ1n) is 10.5. The highest BCUT2D eigenvalue weighted by Gasteiger charge is 2.38. The Morgan fingerprint density at radius 3 is 2.75 bits per heavy atom. The van der Waals surface area contributed by atoms with E-state index >= 15 is 0 Å². The highest BCUT2D eigenvalue weighted by Crippen LogP contribution is 2.28. The van der Waals surface area contributed by atoms with E-state index in [1.54, 1.807) is 34.4 Å². The molecule has 4 heterocycles. The molecule has 3 aromatic rings. The van der Waals surface area contributed by atoms with Gasteiger partial charge in [-0.15, -0.1) is 0 Å². The van der Waals surface area contributed by atoms with Gasteiger partial charge in [-0.3, -0.25) is 14.5 Å². The summed E-state index contributed by atoms with van der Waals surface area (Å²) in [6, 6.07) is 8.11. The molecule has 166 valence electrons. The number of nitrogens with zero attached hydrogens (tertiary/aromatic N) is 5. The molecule has 2 amide bonds. The van der Waals surface area contributed by atoms with Gasteiger partial charge in [-0.2, -0.15) is 16.3 Å². The molecule has 1 atom stereocenters. The zero-order chi connectivity index (χ0) is 22.1. The predicted octanol–water partition coefficient (Wildman–Crippen LogP) is 2.63. The maximum Gasteiger partial charge on any atom is 0.241 e. The van der Waals surface area contributed by atoms with Gasteiger partial charge < -0.3 is 14.3 Å². The van der Waals surface area contributed by atoms with E-state index in [1.807, 2.05) is 16.8 Å². The van der Waals surface area contributed by atoms with E-state index in [1.165, 1.54) is 11.0 Å². The van der Waals surface area contributed by atoms with Crippen LogP contribution in [0.5, 0.6) is 0 Å². The molecule has 5 rings (SSSR count). The number of aromatic nitrogens is 2. The standard InChI is InChI=1S/C22H22FN5O3S/c23-17-3-1-2-4-18(17)28-12-16(11-20(28)29)22(30)27-8-6-26(7-9-27)13-19-24-21(25-31-19)15-5-10-32-14-15/h1-5,10,14,16H,6-9,11-13H2. The molecule has 0 saturated carbocycles. The first-order valence-corrected chi connectivity index (χ1v) is 11.4. The lowest BCUT2D eigenvalue weighted by atomic mass is 10.1. The number of hydrogen-bond donors (Lipinski definition) is 0. The molecule has 0 radical (unpaired) electrons. The number of carbonyl (C=O) groups excluding carboxylic acids is 2. The molecule has 0 aliphatic carbocycles. The Balaban J connectivity index is 1.15. The average Bonchev–Trinajstić information content (AvgIpc) is 3.55. The minimum atomic E-state index is -0.453. The minimum Gasteiger partial charge on any atom is -0.340 e. The largest absolute Gasteiger partial charge is 0.340 e. The van der Waals surface area contributed by atoms with E-state index in [2.05, 4.69) is 15.0 Å². The van der Waals surface area contributed by atoms with Gasteiger partial charge in [0.15, 0.2) is 0 Å². The minimum absolute atomic E-state index is 0.0469. The Morgan fingerprint density at radius 1 is 1.19 bits per heavy atom. The summed E-state index contributed by atoms with van der Waals surface area (Å²) in [7, 11) is 0.